The minimum atomic E-state index is -0.678. The Morgan fingerprint density at radius 1 is 1.60 bits per heavy atom. The Hall–Kier alpha value is -1.20. The van der Waals surface area contributed by atoms with Gasteiger partial charge < -0.3 is 11.1 Å². The van der Waals surface area contributed by atoms with Crippen LogP contribution in [0.3, 0.4) is 0 Å². The van der Waals surface area contributed by atoms with Crippen LogP contribution in [0.1, 0.15) is 10.4 Å². The summed E-state index contributed by atoms with van der Waals surface area (Å²) in [6.45, 7) is 0.0379. The van der Waals surface area contributed by atoms with Crippen molar-refractivity contribution in [1.82, 2.24) is 5.32 Å². The number of carbonyl (C=O) groups is 1. The highest BCUT2D eigenvalue weighted by Gasteiger charge is 2.11. The smallest absolute Gasteiger partial charge is 0.254 e. The van der Waals surface area contributed by atoms with E-state index >= 15 is 0 Å². The van der Waals surface area contributed by atoms with Gasteiger partial charge in [0.1, 0.15) is 5.82 Å². The molecule has 0 saturated heterocycles. The van der Waals surface area contributed by atoms with Crippen LogP contribution in [0.5, 0.6) is 0 Å². The lowest BCUT2D eigenvalue weighted by molar-refractivity contribution is 0.0955. The normalized spacial score (nSPS) is 9.73. The third kappa shape index (κ3) is 3.45. The fourth-order valence-electron chi connectivity index (χ4n) is 0.936. The molecule has 0 aliphatic heterocycles. The summed E-state index contributed by atoms with van der Waals surface area (Å²) >= 11 is 10.1. The molecule has 1 rings (SSSR count). The quantitative estimate of drug-likeness (QED) is 0.795. The summed E-state index contributed by atoms with van der Waals surface area (Å²) in [5, 5.41) is 2.61. The van der Waals surface area contributed by atoms with Gasteiger partial charge in [-0.05, 0) is 18.2 Å². The molecule has 0 aliphatic carbocycles. The Balaban J connectivity index is 2.78. The fraction of sp³-hybridized carbons (Fsp3) is 0.111. The van der Waals surface area contributed by atoms with Gasteiger partial charge in [0.25, 0.3) is 5.91 Å². The molecule has 0 saturated carbocycles. The summed E-state index contributed by atoms with van der Waals surface area (Å²) in [6, 6.07) is 3.80. The molecule has 0 bridgehead atoms. The predicted molar refractivity (Wildman–Crippen MR) is 60.5 cm³/mol. The minimum Gasteiger partial charge on any atom is -0.392 e. The highest BCUT2D eigenvalue weighted by Crippen LogP contribution is 2.14. The van der Waals surface area contributed by atoms with Crippen LogP contribution >= 0.6 is 23.8 Å². The van der Waals surface area contributed by atoms with Gasteiger partial charge in [-0.15, -0.1) is 0 Å². The number of halogens is 2. The van der Waals surface area contributed by atoms with Crippen LogP contribution in [0.4, 0.5) is 4.39 Å². The molecular weight excluding hydrogens is 239 g/mol. The van der Waals surface area contributed by atoms with Crippen LogP contribution in [0.25, 0.3) is 0 Å². The van der Waals surface area contributed by atoms with Crippen molar-refractivity contribution in [3.63, 3.8) is 0 Å². The highest BCUT2D eigenvalue weighted by atomic mass is 35.5. The monoisotopic (exact) mass is 246 g/mol. The molecule has 3 N–H and O–H groups in total. The standard InChI is InChI=1S/C9H8ClFN2OS/c10-5-1-2-6(7(11)3-5)9(14)13-4-8(12)15/h1-3H,4H2,(H2,12,15)(H,13,14). The number of rotatable bonds is 3. The van der Waals surface area contributed by atoms with Gasteiger partial charge in [0.2, 0.25) is 0 Å². The molecule has 1 aromatic carbocycles. The van der Waals surface area contributed by atoms with Crippen molar-refractivity contribution in [3.8, 4) is 0 Å². The molecule has 0 radical (unpaired) electrons. The first-order valence-electron chi connectivity index (χ1n) is 4.02. The van der Waals surface area contributed by atoms with E-state index in [1.54, 1.807) is 0 Å². The minimum absolute atomic E-state index is 0.0379. The van der Waals surface area contributed by atoms with E-state index in [4.69, 9.17) is 17.3 Å². The van der Waals surface area contributed by atoms with Crippen LogP contribution in [-0.4, -0.2) is 17.4 Å². The molecule has 3 nitrogen and oxygen atoms in total. The molecule has 0 spiro atoms. The van der Waals surface area contributed by atoms with Crippen molar-refractivity contribution < 1.29 is 9.18 Å². The van der Waals surface area contributed by atoms with Crippen LogP contribution in [0, 0.1) is 5.82 Å². The maximum Gasteiger partial charge on any atom is 0.254 e. The summed E-state index contributed by atoms with van der Waals surface area (Å²) in [4.78, 5) is 11.5. The van der Waals surface area contributed by atoms with E-state index in [1.165, 1.54) is 12.1 Å². The molecule has 0 aliphatic rings. The number of thiocarbonyl (C=S) groups is 1. The number of nitrogens with two attached hydrogens (primary N) is 1. The van der Waals surface area contributed by atoms with Crippen molar-refractivity contribution in [2.24, 2.45) is 5.73 Å². The Morgan fingerprint density at radius 3 is 2.80 bits per heavy atom. The first-order valence-corrected chi connectivity index (χ1v) is 4.81. The summed E-state index contributed by atoms with van der Waals surface area (Å²) in [5.41, 5.74) is 5.10. The molecule has 0 heterocycles. The average molecular weight is 247 g/mol. The van der Waals surface area contributed by atoms with Gasteiger partial charge in [0, 0.05) is 5.02 Å². The van der Waals surface area contributed by atoms with Gasteiger partial charge in [-0.1, -0.05) is 23.8 Å². The highest BCUT2D eigenvalue weighted by molar-refractivity contribution is 7.80. The lowest BCUT2D eigenvalue weighted by Gasteiger charge is -2.04. The zero-order valence-electron chi connectivity index (χ0n) is 7.59. The number of nitrogens with one attached hydrogen (secondary N) is 1. The van der Waals surface area contributed by atoms with Gasteiger partial charge in [-0.25, -0.2) is 4.39 Å². The molecule has 0 aromatic heterocycles. The van der Waals surface area contributed by atoms with E-state index in [1.807, 2.05) is 0 Å². The molecule has 6 heteroatoms. The lowest BCUT2D eigenvalue weighted by atomic mass is 10.2. The van der Waals surface area contributed by atoms with Crippen molar-refractivity contribution in [3.05, 3.63) is 34.6 Å². The Morgan fingerprint density at radius 2 is 2.27 bits per heavy atom. The Bertz CT molecular complexity index is 411. The van der Waals surface area contributed by atoms with E-state index in [-0.39, 0.29) is 22.1 Å². The summed E-state index contributed by atoms with van der Waals surface area (Å²) in [7, 11) is 0. The van der Waals surface area contributed by atoms with E-state index in [0.717, 1.165) is 6.07 Å². The molecule has 0 fully saturated rings. The molecule has 15 heavy (non-hydrogen) atoms. The Kier molecular flexibility index (Phi) is 3.99. The van der Waals surface area contributed by atoms with Crippen LogP contribution < -0.4 is 11.1 Å². The van der Waals surface area contributed by atoms with Gasteiger partial charge in [0.15, 0.2) is 0 Å². The molecular formula is C9H8ClFN2OS. The lowest BCUT2D eigenvalue weighted by Crippen LogP contribution is -2.32. The third-order valence-electron chi connectivity index (χ3n) is 1.60. The topological polar surface area (TPSA) is 55.1 Å². The van der Waals surface area contributed by atoms with Gasteiger partial charge in [-0.3, -0.25) is 4.79 Å². The number of amides is 1. The first kappa shape index (κ1) is 11.9. The average Bonchev–Trinajstić information content (AvgIpc) is 2.14. The number of carbonyl (C=O) groups excluding carboxylic acids is 1. The number of benzene rings is 1. The maximum atomic E-state index is 13.2. The fourth-order valence-corrected chi connectivity index (χ4v) is 1.17. The molecule has 0 unspecified atom stereocenters. The molecule has 0 atom stereocenters. The van der Waals surface area contributed by atoms with E-state index < -0.39 is 11.7 Å². The third-order valence-corrected chi connectivity index (χ3v) is 1.98. The van der Waals surface area contributed by atoms with Crippen molar-refractivity contribution >= 4 is 34.7 Å². The summed E-state index contributed by atoms with van der Waals surface area (Å²) < 4.78 is 13.2. The largest absolute Gasteiger partial charge is 0.392 e. The second-order valence-electron chi connectivity index (χ2n) is 2.77. The van der Waals surface area contributed by atoms with Gasteiger partial charge >= 0.3 is 0 Å². The molecule has 1 aromatic rings. The van der Waals surface area contributed by atoms with Crippen molar-refractivity contribution in [1.29, 1.82) is 0 Å². The van der Waals surface area contributed by atoms with Crippen LogP contribution in [-0.2, 0) is 0 Å². The van der Waals surface area contributed by atoms with E-state index in [2.05, 4.69) is 17.5 Å². The molecule has 80 valence electrons. The van der Waals surface area contributed by atoms with Crippen molar-refractivity contribution in [2.75, 3.05) is 6.54 Å². The first-order chi connectivity index (χ1) is 7.00. The second kappa shape index (κ2) is 5.04. The van der Waals surface area contributed by atoms with Crippen LogP contribution in [0.15, 0.2) is 18.2 Å². The SMILES string of the molecule is NC(=S)CNC(=O)c1ccc(Cl)cc1F. The summed E-state index contributed by atoms with van der Waals surface area (Å²) in [6.07, 6.45) is 0. The van der Waals surface area contributed by atoms with Crippen LogP contribution in [0.2, 0.25) is 5.02 Å². The zero-order valence-corrected chi connectivity index (χ0v) is 9.16. The van der Waals surface area contributed by atoms with Gasteiger partial charge in [0.05, 0.1) is 17.1 Å². The van der Waals surface area contributed by atoms with Crippen molar-refractivity contribution in [2.45, 2.75) is 0 Å². The number of hydrogen-bond acceptors (Lipinski definition) is 2. The van der Waals surface area contributed by atoms with E-state index in [0.29, 0.717) is 0 Å². The molecule has 1 amide bonds. The predicted octanol–water partition coefficient (Wildman–Crippen LogP) is 1.50. The van der Waals surface area contributed by atoms with Gasteiger partial charge in [-0.2, -0.15) is 0 Å². The van der Waals surface area contributed by atoms with E-state index in [9.17, 15) is 9.18 Å². The maximum absolute atomic E-state index is 13.2. The summed E-state index contributed by atoms with van der Waals surface area (Å²) in [5.74, 6) is -1.25. The Labute approximate surface area is 96.4 Å². The zero-order chi connectivity index (χ0) is 11.4. The second-order valence-corrected chi connectivity index (χ2v) is 3.73. The number of hydrogen-bond donors (Lipinski definition) is 2.